The average Bonchev–Trinajstić information content (AvgIpc) is 3.12. The SMILES string of the molecule is CNC(=O)C1Cc2[nH]cnc2[C@H](C(C)C)N1C(=O)OCc1ccccc1. The van der Waals surface area contributed by atoms with Crippen LogP contribution in [0.2, 0.25) is 0 Å². The van der Waals surface area contributed by atoms with Gasteiger partial charge in [0, 0.05) is 19.2 Å². The highest BCUT2D eigenvalue weighted by molar-refractivity contribution is 5.86. The van der Waals surface area contributed by atoms with Gasteiger partial charge in [-0.05, 0) is 11.5 Å². The first kappa shape index (κ1) is 18.0. The molecule has 0 radical (unpaired) electrons. The number of benzene rings is 1. The molecule has 7 nitrogen and oxygen atoms in total. The topological polar surface area (TPSA) is 87.3 Å². The van der Waals surface area contributed by atoms with Crippen molar-refractivity contribution in [3.8, 4) is 0 Å². The molecule has 2 amide bonds. The molecule has 3 rings (SSSR count). The molecule has 2 N–H and O–H groups in total. The second-order valence-electron chi connectivity index (χ2n) is 6.74. The van der Waals surface area contributed by atoms with E-state index in [-0.39, 0.29) is 24.5 Å². The Balaban J connectivity index is 1.88. The van der Waals surface area contributed by atoms with Gasteiger partial charge in [-0.2, -0.15) is 0 Å². The Hall–Kier alpha value is -2.83. The van der Waals surface area contributed by atoms with E-state index < -0.39 is 12.1 Å². The summed E-state index contributed by atoms with van der Waals surface area (Å²) in [6.07, 6.45) is 1.49. The lowest BCUT2D eigenvalue weighted by molar-refractivity contribution is -0.127. The summed E-state index contributed by atoms with van der Waals surface area (Å²) >= 11 is 0. The molecule has 2 aromatic rings. The van der Waals surface area contributed by atoms with Gasteiger partial charge in [-0.15, -0.1) is 0 Å². The number of nitrogens with zero attached hydrogens (tertiary/aromatic N) is 2. The highest BCUT2D eigenvalue weighted by Crippen LogP contribution is 2.37. The standard InChI is InChI=1S/C19H24N4O3/c1-12(2)17-16-14(21-11-22-16)9-15(18(24)20-3)23(17)19(25)26-10-13-7-5-4-6-8-13/h4-8,11-12,15,17H,9-10H2,1-3H3,(H,20,24)(H,21,22)/t15?,17-/m0/s1. The van der Waals surface area contributed by atoms with Crippen molar-refractivity contribution in [1.29, 1.82) is 0 Å². The monoisotopic (exact) mass is 356 g/mol. The van der Waals surface area contributed by atoms with Crippen LogP contribution >= 0.6 is 0 Å². The molecule has 1 aromatic carbocycles. The zero-order valence-electron chi connectivity index (χ0n) is 15.2. The molecule has 0 bridgehead atoms. The summed E-state index contributed by atoms with van der Waals surface area (Å²) in [5.41, 5.74) is 2.59. The zero-order valence-corrected chi connectivity index (χ0v) is 15.2. The summed E-state index contributed by atoms with van der Waals surface area (Å²) in [5, 5.41) is 2.65. The normalized spacial score (nSPS) is 19.2. The van der Waals surface area contributed by atoms with E-state index >= 15 is 0 Å². The van der Waals surface area contributed by atoms with Gasteiger partial charge in [0.2, 0.25) is 5.91 Å². The minimum Gasteiger partial charge on any atom is -0.445 e. The summed E-state index contributed by atoms with van der Waals surface area (Å²) in [4.78, 5) is 34.4. The molecule has 2 heterocycles. The average molecular weight is 356 g/mol. The predicted molar refractivity (Wildman–Crippen MR) is 96.2 cm³/mol. The number of H-pyrrole nitrogens is 1. The predicted octanol–water partition coefficient (Wildman–Crippen LogP) is 2.42. The minimum absolute atomic E-state index is 0.0776. The smallest absolute Gasteiger partial charge is 0.411 e. The van der Waals surface area contributed by atoms with Crippen LogP contribution in [0.15, 0.2) is 36.7 Å². The number of rotatable bonds is 4. The van der Waals surface area contributed by atoms with Gasteiger partial charge in [-0.25, -0.2) is 9.78 Å². The van der Waals surface area contributed by atoms with Gasteiger partial charge in [0.1, 0.15) is 12.6 Å². The van der Waals surface area contributed by atoms with E-state index in [1.54, 1.807) is 13.4 Å². The third-order valence-electron chi connectivity index (χ3n) is 4.66. The molecular formula is C19H24N4O3. The van der Waals surface area contributed by atoms with E-state index in [4.69, 9.17) is 4.74 Å². The van der Waals surface area contributed by atoms with Crippen LogP contribution in [0.5, 0.6) is 0 Å². The van der Waals surface area contributed by atoms with E-state index in [1.807, 2.05) is 44.2 Å². The Bertz CT molecular complexity index is 772. The number of nitrogens with one attached hydrogen (secondary N) is 2. The molecule has 1 aliphatic heterocycles. The fourth-order valence-electron chi connectivity index (χ4n) is 3.42. The summed E-state index contributed by atoms with van der Waals surface area (Å²) in [6, 6.07) is 8.52. The van der Waals surface area contributed by atoms with Gasteiger partial charge in [-0.3, -0.25) is 9.69 Å². The zero-order chi connectivity index (χ0) is 18.7. The number of aromatic amines is 1. The van der Waals surface area contributed by atoms with E-state index in [9.17, 15) is 9.59 Å². The van der Waals surface area contributed by atoms with E-state index in [0.717, 1.165) is 17.0 Å². The molecular weight excluding hydrogens is 332 g/mol. The number of aromatic nitrogens is 2. The second-order valence-corrected chi connectivity index (χ2v) is 6.74. The summed E-state index contributed by atoms with van der Waals surface area (Å²) < 4.78 is 5.53. The Morgan fingerprint density at radius 3 is 2.73 bits per heavy atom. The highest BCUT2D eigenvalue weighted by atomic mass is 16.6. The second kappa shape index (κ2) is 7.59. The number of likely N-dealkylation sites (N-methyl/N-ethyl adjacent to an activating group) is 1. The van der Waals surface area contributed by atoms with Crippen LogP contribution in [0.4, 0.5) is 4.79 Å². The lowest BCUT2D eigenvalue weighted by atomic mass is 9.89. The van der Waals surface area contributed by atoms with Crippen LogP contribution in [0.3, 0.4) is 0 Å². The van der Waals surface area contributed by atoms with Gasteiger partial charge in [0.15, 0.2) is 0 Å². The molecule has 0 aliphatic carbocycles. The summed E-state index contributed by atoms with van der Waals surface area (Å²) in [6.45, 7) is 4.18. The van der Waals surface area contributed by atoms with E-state index in [1.165, 1.54) is 4.90 Å². The number of amides is 2. The number of hydrogen-bond acceptors (Lipinski definition) is 4. The van der Waals surface area contributed by atoms with Crippen LogP contribution in [0.1, 0.15) is 36.8 Å². The largest absolute Gasteiger partial charge is 0.445 e. The number of fused-ring (bicyclic) bond motifs is 1. The Kier molecular flexibility index (Phi) is 5.25. The van der Waals surface area contributed by atoms with Gasteiger partial charge >= 0.3 is 6.09 Å². The van der Waals surface area contributed by atoms with Crippen molar-refractivity contribution in [3.05, 3.63) is 53.6 Å². The lowest BCUT2D eigenvalue weighted by Crippen LogP contribution is -2.55. The number of carbonyl (C=O) groups excluding carboxylic acids is 2. The lowest BCUT2D eigenvalue weighted by Gasteiger charge is -2.41. The van der Waals surface area contributed by atoms with Crippen molar-refractivity contribution in [3.63, 3.8) is 0 Å². The Labute approximate surface area is 152 Å². The third kappa shape index (κ3) is 3.42. The first-order chi connectivity index (χ1) is 12.5. The van der Waals surface area contributed by atoms with Crippen molar-refractivity contribution >= 4 is 12.0 Å². The van der Waals surface area contributed by atoms with Crippen LogP contribution < -0.4 is 5.32 Å². The van der Waals surface area contributed by atoms with Crippen molar-refractivity contribution in [2.75, 3.05) is 7.05 Å². The van der Waals surface area contributed by atoms with Gasteiger partial charge < -0.3 is 15.0 Å². The Morgan fingerprint density at radius 1 is 1.35 bits per heavy atom. The van der Waals surface area contributed by atoms with Crippen molar-refractivity contribution < 1.29 is 14.3 Å². The molecule has 1 aliphatic rings. The number of hydrogen-bond donors (Lipinski definition) is 2. The molecule has 138 valence electrons. The molecule has 0 fully saturated rings. The molecule has 1 aromatic heterocycles. The van der Waals surface area contributed by atoms with Gasteiger partial charge in [-0.1, -0.05) is 44.2 Å². The first-order valence-corrected chi connectivity index (χ1v) is 8.75. The van der Waals surface area contributed by atoms with Crippen LogP contribution in [0.25, 0.3) is 0 Å². The summed E-state index contributed by atoms with van der Waals surface area (Å²) in [7, 11) is 1.57. The molecule has 2 atom stereocenters. The quantitative estimate of drug-likeness (QED) is 0.881. The highest BCUT2D eigenvalue weighted by Gasteiger charge is 2.44. The molecule has 0 saturated heterocycles. The van der Waals surface area contributed by atoms with Gasteiger partial charge in [0.05, 0.1) is 18.1 Å². The third-order valence-corrected chi connectivity index (χ3v) is 4.66. The van der Waals surface area contributed by atoms with Crippen LogP contribution in [-0.4, -0.2) is 40.0 Å². The maximum absolute atomic E-state index is 12.9. The molecule has 0 spiro atoms. The molecule has 1 unspecified atom stereocenters. The van der Waals surface area contributed by atoms with Crippen LogP contribution in [-0.2, 0) is 22.6 Å². The number of ether oxygens (including phenoxy) is 1. The maximum Gasteiger partial charge on any atom is 0.411 e. The van der Waals surface area contributed by atoms with Crippen molar-refractivity contribution in [2.24, 2.45) is 5.92 Å². The molecule has 26 heavy (non-hydrogen) atoms. The molecule has 0 saturated carbocycles. The number of carbonyl (C=O) groups is 2. The summed E-state index contributed by atoms with van der Waals surface area (Å²) in [5.74, 6) is -0.138. The van der Waals surface area contributed by atoms with E-state index in [2.05, 4.69) is 15.3 Å². The van der Waals surface area contributed by atoms with Crippen molar-refractivity contribution in [2.45, 2.75) is 39.0 Å². The van der Waals surface area contributed by atoms with Gasteiger partial charge in [0.25, 0.3) is 0 Å². The fourth-order valence-corrected chi connectivity index (χ4v) is 3.42. The number of imidazole rings is 1. The van der Waals surface area contributed by atoms with Crippen molar-refractivity contribution in [1.82, 2.24) is 20.2 Å². The molecule has 7 heteroatoms. The maximum atomic E-state index is 12.9. The Morgan fingerprint density at radius 2 is 2.08 bits per heavy atom. The van der Waals surface area contributed by atoms with E-state index in [0.29, 0.717) is 6.42 Å². The minimum atomic E-state index is -0.636. The van der Waals surface area contributed by atoms with Crippen LogP contribution in [0, 0.1) is 5.92 Å². The fraction of sp³-hybridized carbons (Fsp3) is 0.421. The first-order valence-electron chi connectivity index (χ1n) is 8.75.